The Morgan fingerprint density at radius 3 is 2.32 bits per heavy atom. The Hall–Kier alpha value is -4.45. The maximum atomic E-state index is 12.6. The molecule has 0 aliphatic heterocycles. The van der Waals surface area contributed by atoms with E-state index in [4.69, 9.17) is 4.74 Å². The van der Waals surface area contributed by atoms with Crippen molar-refractivity contribution in [3.05, 3.63) is 108 Å². The van der Waals surface area contributed by atoms with E-state index < -0.39 is 11.9 Å². The lowest BCUT2D eigenvalue weighted by Crippen LogP contribution is -2.17. The highest BCUT2D eigenvalue weighted by molar-refractivity contribution is 6.05. The lowest BCUT2D eigenvalue weighted by Gasteiger charge is -2.07. The van der Waals surface area contributed by atoms with E-state index >= 15 is 0 Å². The lowest BCUT2D eigenvalue weighted by atomic mass is 10.0. The van der Waals surface area contributed by atoms with Gasteiger partial charge >= 0.3 is 5.97 Å². The van der Waals surface area contributed by atoms with E-state index in [0.717, 1.165) is 16.3 Å². The summed E-state index contributed by atoms with van der Waals surface area (Å²) >= 11 is 0. The molecule has 0 aliphatic rings. The van der Waals surface area contributed by atoms with Crippen LogP contribution < -0.4 is 10.2 Å². The Bertz CT molecular complexity index is 1260. The van der Waals surface area contributed by atoms with Gasteiger partial charge in [0.25, 0.3) is 5.91 Å². The highest BCUT2D eigenvalue weighted by Gasteiger charge is 2.12. The minimum atomic E-state index is -0.431. The van der Waals surface area contributed by atoms with Crippen molar-refractivity contribution in [3.8, 4) is 11.5 Å². The number of hydrogen-bond donors (Lipinski definition) is 2. The van der Waals surface area contributed by atoms with Gasteiger partial charge in [0.2, 0.25) is 0 Å². The van der Waals surface area contributed by atoms with Gasteiger partial charge in [0.1, 0.15) is 11.5 Å². The van der Waals surface area contributed by atoms with Gasteiger partial charge in [0.15, 0.2) is 0 Å². The fourth-order valence-corrected chi connectivity index (χ4v) is 3.03. The van der Waals surface area contributed by atoms with Crippen molar-refractivity contribution in [3.63, 3.8) is 0 Å². The Morgan fingerprint density at radius 1 is 0.839 bits per heavy atom. The average Bonchev–Trinajstić information content (AvgIpc) is 2.80. The molecule has 0 saturated carbocycles. The van der Waals surface area contributed by atoms with Gasteiger partial charge in [-0.3, -0.25) is 4.79 Å². The first kappa shape index (κ1) is 19.8. The number of fused-ring (bicyclic) bond motifs is 1. The van der Waals surface area contributed by atoms with E-state index in [-0.39, 0.29) is 5.75 Å². The van der Waals surface area contributed by atoms with Gasteiger partial charge < -0.3 is 9.84 Å². The number of hydrazone groups is 1. The quantitative estimate of drug-likeness (QED) is 0.219. The summed E-state index contributed by atoms with van der Waals surface area (Å²) in [6.45, 7) is 0. The van der Waals surface area contributed by atoms with Gasteiger partial charge in [-0.25, -0.2) is 10.2 Å². The number of amides is 1. The molecular formula is C25H18N2O4. The summed E-state index contributed by atoms with van der Waals surface area (Å²) in [7, 11) is 0. The molecule has 0 radical (unpaired) electrons. The third kappa shape index (κ3) is 4.76. The fraction of sp³-hybridized carbons (Fsp3) is 0. The average molecular weight is 410 g/mol. The Kier molecular flexibility index (Phi) is 5.71. The van der Waals surface area contributed by atoms with Crippen LogP contribution in [0.3, 0.4) is 0 Å². The molecule has 0 heterocycles. The molecule has 4 aromatic carbocycles. The number of aromatic hydroxyl groups is 1. The van der Waals surface area contributed by atoms with E-state index in [9.17, 15) is 14.7 Å². The molecule has 4 aromatic rings. The zero-order chi connectivity index (χ0) is 21.6. The van der Waals surface area contributed by atoms with Crippen LogP contribution in [0.15, 0.2) is 96.1 Å². The first-order valence-electron chi connectivity index (χ1n) is 9.52. The molecular weight excluding hydrogens is 392 g/mol. The molecule has 152 valence electrons. The second-order valence-corrected chi connectivity index (χ2v) is 6.73. The highest BCUT2D eigenvalue weighted by atomic mass is 16.5. The minimum Gasteiger partial charge on any atom is -0.508 e. The summed E-state index contributed by atoms with van der Waals surface area (Å²) in [4.78, 5) is 24.6. The third-order valence-corrected chi connectivity index (χ3v) is 4.61. The monoisotopic (exact) mass is 410 g/mol. The fourth-order valence-electron chi connectivity index (χ4n) is 3.03. The zero-order valence-corrected chi connectivity index (χ0v) is 16.4. The molecule has 0 aliphatic carbocycles. The topological polar surface area (TPSA) is 88.0 Å². The van der Waals surface area contributed by atoms with Gasteiger partial charge in [-0.2, -0.15) is 5.10 Å². The predicted molar refractivity (Wildman–Crippen MR) is 119 cm³/mol. The van der Waals surface area contributed by atoms with Crippen LogP contribution in [0.2, 0.25) is 0 Å². The predicted octanol–water partition coefficient (Wildman–Crippen LogP) is 4.53. The smallest absolute Gasteiger partial charge is 0.344 e. The molecule has 0 atom stereocenters. The largest absolute Gasteiger partial charge is 0.508 e. The molecule has 31 heavy (non-hydrogen) atoms. The van der Waals surface area contributed by atoms with E-state index in [1.165, 1.54) is 30.5 Å². The number of nitrogens with one attached hydrogen (secondary N) is 1. The number of carbonyl (C=O) groups excluding carboxylic acids is 2. The molecule has 0 aromatic heterocycles. The van der Waals surface area contributed by atoms with Crippen molar-refractivity contribution in [1.29, 1.82) is 0 Å². The maximum Gasteiger partial charge on any atom is 0.344 e. The van der Waals surface area contributed by atoms with Gasteiger partial charge in [-0.1, -0.05) is 36.4 Å². The molecule has 6 heteroatoms. The summed E-state index contributed by atoms with van der Waals surface area (Å²) in [5.74, 6) is -0.333. The van der Waals surface area contributed by atoms with Crippen molar-refractivity contribution < 1.29 is 19.4 Å². The number of rotatable bonds is 5. The number of carbonyl (C=O) groups is 2. The standard InChI is InChI=1S/C25H18N2O4/c28-20-12-10-19(11-13-20)24(29)27-26-16-17-8-14-21(15-9-17)31-25(30)23-7-3-5-18-4-1-2-6-22(18)23/h1-16,28H,(H,27,29)/b26-16-. The number of phenolic OH excluding ortho intramolecular Hbond substituents is 1. The van der Waals surface area contributed by atoms with E-state index in [2.05, 4.69) is 10.5 Å². The first-order valence-corrected chi connectivity index (χ1v) is 9.52. The summed E-state index contributed by atoms with van der Waals surface area (Å²) in [6.07, 6.45) is 1.48. The third-order valence-electron chi connectivity index (χ3n) is 4.61. The Balaban J connectivity index is 1.39. The molecule has 2 N–H and O–H groups in total. The second kappa shape index (κ2) is 8.92. The summed E-state index contributed by atoms with van der Waals surface area (Å²) in [6, 6.07) is 25.8. The van der Waals surface area contributed by atoms with Gasteiger partial charge in [0, 0.05) is 5.56 Å². The van der Waals surface area contributed by atoms with Crippen molar-refractivity contribution in [2.45, 2.75) is 0 Å². The normalized spacial score (nSPS) is 10.8. The molecule has 0 bridgehead atoms. The van der Waals surface area contributed by atoms with Crippen LogP contribution in [0, 0.1) is 0 Å². The van der Waals surface area contributed by atoms with Crippen LogP contribution in [0.1, 0.15) is 26.3 Å². The first-order chi connectivity index (χ1) is 15.1. The Morgan fingerprint density at radius 2 is 1.55 bits per heavy atom. The van der Waals surface area contributed by atoms with Crippen molar-refractivity contribution in [1.82, 2.24) is 5.43 Å². The number of ether oxygens (including phenoxy) is 1. The van der Waals surface area contributed by atoms with E-state index in [1.54, 1.807) is 30.3 Å². The van der Waals surface area contributed by atoms with E-state index in [0.29, 0.717) is 16.9 Å². The Labute approximate surface area is 178 Å². The SMILES string of the molecule is O=C(N/N=C\c1ccc(OC(=O)c2cccc3ccccc23)cc1)c1ccc(O)cc1. The molecule has 0 saturated heterocycles. The summed E-state index contributed by atoms with van der Waals surface area (Å²) in [5, 5.41) is 15.0. The second-order valence-electron chi connectivity index (χ2n) is 6.73. The minimum absolute atomic E-state index is 0.0845. The van der Waals surface area contributed by atoms with Crippen LogP contribution in [-0.2, 0) is 0 Å². The number of esters is 1. The van der Waals surface area contributed by atoms with Crippen molar-refractivity contribution in [2.75, 3.05) is 0 Å². The molecule has 0 spiro atoms. The lowest BCUT2D eigenvalue weighted by molar-refractivity contribution is 0.0736. The molecule has 6 nitrogen and oxygen atoms in total. The van der Waals surface area contributed by atoms with Crippen molar-refractivity contribution in [2.24, 2.45) is 5.10 Å². The number of phenols is 1. The van der Waals surface area contributed by atoms with Crippen molar-refractivity contribution >= 4 is 28.9 Å². The van der Waals surface area contributed by atoms with Gasteiger partial charge in [0.05, 0.1) is 11.8 Å². The van der Waals surface area contributed by atoms with Crippen LogP contribution in [0.25, 0.3) is 10.8 Å². The van der Waals surface area contributed by atoms with E-state index in [1.807, 2.05) is 36.4 Å². The van der Waals surface area contributed by atoms with Crippen LogP contribution in [0.5, 0.6) is 11.5 Å². The van der Waals surface area contributed by atoms with Gasteiger partial charge in [-0.15, -0.1) is 0 Å². The van der Waals surface area contributed by atoms with Crippen LogP contribution in [-0.4, -0.2) is 23.2 Å². The van der Waals surface area contributed by atoms with Gasteiger partial charge in [-0.05, 0) is 70.9 Å². The van der Waals surface area contributed by atoms with Crippen LogP contribution in [0.4, 0.5) is 0 Å². The summed E-state index contributed by atoms with van der Waals surface area (Å²) < 4.78 is 5.50. The number of benzene rings is 4. The highest BCUT2D eigenvalue weighted by Crippen LogP contribution is 2.21. The summed E-state index contributed by atoms with van der Waals surface area (Å²) in [5.41, 5.74) is 4.02. The molecule has 0 fully saturated rings. The van der Waals surface area contributed by atoms with Crippen LogP contribution >= 0.6 is 0 Å². The zero-order valence-electron chi connectivity index (χ0n) is 16.4. The number of nitrogens with zero attached hydrogens (tertiary/aromatic N) is 1. The maximum absolute atomic E-state index is 12.6. The molecule has 0 unspecified atom stereocenters. The molecule has 4 rings (SSSR count). The molecule has 1 amide bonds. The number of hydrogen-bond acceptors (Lipinski definition) is 5.